The minimum Gasteiger partial charge on any atom is -0.493 e. The SMILES string of the molecule is Cc1ccc(C)c(OCCC(=O)N[C@H]2CCCNC2)c1. The van der Waals surface area contributed by atoms with Gasteiger partial charge in [-0.15, -0.1) is 0 Å². The molecule has 1 atom stereocenters. The second-order valence-electron chi connectivity index (χ2n) is 5.48. The van der Waals surface area contributed by atoms with E-state index >= 15 is 0 Å². The Morgan fingerprint density at radius 2 is 2.30 bits per heavy atom. The average molecular weight is 276 g/mol. The summed E-state index contributed by atoms with van der Waals surface area (Å²) in [4.78, 5) is 11.8. The Hall–Kier alpha value is -1.55. The Morgan fingerprint density at radius 1 is 1.45 bits per heavy atom. The molecular weight excluding hydrogens is 252 g/mol. The van der Waals surface area contributed by atoms with Crippen LogP contribution in [-0.4, -0.2) is 31.6 Å². The van der Waals surface area contributed by atoms with Gasteiger partial charge >= 0.3 is 0 Å². The second-order valence-corrected chi connectivity index (χ2v) is 5.48. The highest BCUT2D eigenvalue weighted by atomic mass is 16.5. The van der Waals surface area contributed by atoms with Gasteiger partial charge in [-0.05, 0) is 50.4 Å². The lowest BCUT2D eigenvalue weighted by Gasteiger charge is -2.23. The van der Waals surface area contributed by atoms with Gasteiger partial charge in [0.1, 0.15) is 5.75 Å². The number of amides is 1. The van der Waals surface area contributed by atoms with Gasteiger partial charge in [0.05, 0.1) is 13.0 Å². The molecule has 20 heavy (non-hydrogen) atoms. The predicted octanol–water partition coefficient (Wildman–Crippen LogP) is 1.94. The number of piperidine rings is 1. The Balaban J connectivity index is 1.72. The average Bonchev–Trinajstić information content (AvgIpc) is 2.44. The van der Waals surface area contributed by atoms with Gasteiger partial charge in [0.25, 0.3) is 0 Å². The summed E-state index contributed by atoms with van der Waals surface area (Å²) in [5, 5.41) is 6.34. The van der Waals surface area contributed by atoms with Crippen LogP contribution in [0.25, 0.3) is 0 Å². The van der Waals surface area contributed by atoms with Crippen LogP contribution in [0.5, 0.6) is 5.75 Å². The molecule has 1 fully saturated rings. The third kappa shape index (κ3) is 4.53. The Labute approximate surface area is 120 Å². The number of hydrogen-bond acceptors (Lipinski definition) is 3. The summed E-state index contributed by atoms with van der Waals surface area (Å²) < 4.78 is 5.70. The van der Waals surface area contributed by atoms with Crippen molar-refractivity contribution in [2.24, 2.45) is 0 Å². The first-order chi connectivity index (χ1) is 9.65. The summed E-state index contributed by atoms with van der Waals surface area (Å²) in [6.07, 6.45) is 2.60. The zero-order chi connectivity index (χ0) is 14.4. The zero-order valence-electron chi connectivity index (χ0n) is 12.4. The van der Waals surface area contributed by atoms with Crippen LogP contribution < -0.4 is 15.4 Å². The van der Waals surface area contributed by atoms with Crippen molar-refractivity contribution >= 4 is 5.91 Å². The van der Waals surface area contributed by atoms with Gasteiger partial charge in [0, 0.05) is 12.6 Å². The molecule has 1 aliphatic rings. The van der Waals surface area contributed by atoms with Crippen molar-refractivity contribution in [2.45, 2.75) is 39.2 Å². The van der Waals surface area contributed by atoms with E-state index in [9.17, 15) is 4.79 Å². The van der Waals surface area contributed by atoms with Crippen molar-refractivity contribution in [3.63, 3.8) is 0 Å². The van der Waals surface area contributed by atoms with Crippen LogP contribution in [0, 0.1) is 13.8 Å². The lowest BCUT2D eigenvalue weighted by atomic mass is 10.1. The number of nitrogens with one attached hydrogen (secondary N) is 2. The van der Waals surface area contributed by atoms with Crippen molar-refractivity contribution in [1.29, 1.82) is 0 Å². The number of benzene rings is 1. The summed E-state index contributed by atoms with van der Waals surface area (Å²) >= 11 is 0. The van der Waals surface area contributed by atoms with E-state index < -0.39 is 0 Å². The summed E-state index contributed by atoms with van der Waals surface area (Å²) in [5.74, 6) is 0.945. The van der Waals surface area contributed by atoms with E-state index in [0.717, 1.165) is 37.2 Å². The van der Waals surface area contributed by atoms with Crippen LogP contribution in [0.1, 0.15) is 30.4 Å². The van der Waals surface area contributed by atoms with Gasteiger partial charge in [-0.25, -0.2) is 0 Å². The van der Waals surface area contributed by atoms with Crippen molar-refractivity contribution in [3.05, 3.63) is 29.3 Å². The summed E-state index contributed by atoms with van der Waals surface area (Å²) in [7, 11) is 0. The third-order valence-corrected chi connectivity index (χ3v) is 3.59. The van der Waals surface area contributed by atoms with Gasteiger partial charge in [0.2, 0.25) is 5.91 Å². The normalized spacial score (nSPS) is 18.6. The summed E-state index contributed by atoms with van der Waals surface area (Å²) in [5.41, 5.74) is 2.27. The Kier molecular flexibility index (Phi) is 5.41. The van der Waals surface area contributed by atoms with Crippen LogP contribution in [-0.2, 0) is 4.79 Å². The molecule has 2 N–H and O–H groups in total. The maximum Gasteiger partial charge on any atom is 0.223 e. The lowest BCUT2D eigenvalue weighted by molar-refractivity contribution is -0.122. The fourth-order valence-electron chi connectivity index (χ4n) is 2.39. The summed E-state index contributed by atoms with van der Waals surface area (Å²) in [6, 6.07) is 6.39. The van der Waals surface area contributed by atoms with E-state index in [1.54, 1.807) is 0 Å². The number of carbonyl (C=O) groups excluding carboxylic acids is 1. The molecule has 1 amide bonds. The molecule has 1 aromatic carbocycles. The smallest absolute Gasteiger partial charge is 0.223 e. The molecular formula is C16H24N2O2. The van der Waals surface area contributed by atoms with Crippen molar-refractivity contribution in [3.8, 4) is 5.75 Å². The van der Waals surface area contributed by atoms with Gasteiger partial charge in [-0.3, -0.25) is 4.79 Å². The molecule has 4 heteroatoms. The van der Waals surface area contributed by atoms with Crippen LogP contribution in [0.2, 0.25) is 0 Å². The van der Waals surface area contributed by atoms with Crippen LogP contribution in [0.3, 0.4) is 0 Å². The van der Waals surface area contributed by atoms with Gasteiger partial charge in [-0.1, -0.05) is 12.1 Å². The van der Waals surface area contributed by atoms with Gasteiger partial charge in [-0.2, -0.15) is 0 Å². The van der Waals surface area contributed by atoms with E-state index in [4.69, 9.17) is 4.74 Å². The molecule has 110 valence electrons. The van der Waals surface area contributed by atoms with Crippen LogP contribution >= 0.6 is 0 Å². The molecule has 1 aromatic rings. The highest BCUT2D eigenvalue weighted by Crippen LogP contribution is 2.19. The number of aryl methyl sites for hydroxylation is 2. The minimum absolute atomic E-state index is 0.0732. The Morgan fingerprint density at radius 3 is 3.05 bits per heavy atom. The first kappa shape index (κ1) is 14.9. The van der Waals surface area contributed by atoms with E-state index in [1.807, 2.05) is 26.0 Å². The molecule has 4 nitrogen and oxygen atoms in total. The minimum atomic E-state index is 0.0732. The highest BCUT2D eigenvalue weighted by Gasteiger charge is 2.15. The Bertz CT molecular complexity index is 454. The van der Waals surface area contributed by atoms with Gasteiger partial charge < -0.3 is 15.4 Å². The number of carbonyl (C=O) groups is 1. The largest absolute Gasteiger partial charge is 0.493 e. The number of ether oxygens (including phenoxy) is 1. The molecule has 0 radical (unpaired) electrons. The monoisotopic (exact) mass is 276 g/mol. The maximum atomic E-state index is 11.8. The van der Waals surface area contributed by atoms with Crippen molar-refractivity contribution in [2.75, 3.05) is 19.7 Å². The van der Waals surface area contributed by atoms with E-state index in [0.29, 0.717) is 13.0 Å². The lowest BCUT2D eigenvalue weighted by Crippen LogP contribution is -2.45. The van der Waals surface area contributed by atoms with E-state index in [-0.39, 0.29) is 11.9 Å². The van der Waals surface area contributed by atoms with Crippen molar-refractivity contribution < 1.29 is 9.53 Å². The molecule has 0 spiro atoms. The molecule has 0 saturated carbocycles. The zero-order valence-corrected chi connectivity index (χ0v) is 12.4. The highest BCUT2D eigenvalue weighted by molar-refractivity contribution is 5.76. The van der Waals surface area contributed by atoms with Crippen molar-refractivity contribution in [1.82, 2.24) is 10.6 Å². The van der Waals surface area contributed by atoms with E-state index in [1.165, 1.54) is 5.56 Å². The van der Waals surface area contributed by atoms with Crippen LogP contribution in [0.4, 0.5) is 0 Å². The molecule has 2 rings (SSSR count). The fourth-order valence-corrected chi connectivity index (χ4v) is 2.39. The molecule has 0 aromatic heterocycles. The first-order valence-corrected chi connectivity index (χ1v) is 7.35. The van der Waals surface area contributed by atoms with Gasteiger partial charge in [0.15, 0.2) is 0 Å². The molecule has 1 heterocycles. The van der Waals surface area contributed by atoms with E-state index in [2.05, 4.69) is 16.7 Å². The quantitative estimate of drug-likeness (QED) is 0.864. The first-order valence-electron chi connectivity index (χ1n) is 7.35. The maximum absolute atomic E-state index is 11.8. The predicted molar refractivity (Wildman–Crippen MR) is 80.1 cm³/mol. The summed E-state index contributed by atoms with van der Waals surface area (Å²) in [6.45, 7) is 6.42. The molecule has 0 unspecified atom stereocenters. The molecule has 1 aliphatic heterocycles. The number of rotatable bonds is 5. The molecule has 0 aliphatic carbocycles. The second kappa shape index (κ2) is 7.29. The topological polar surface area (TPSA) is 50.4 Å². The molecule has 1 saturated heterocycles. The fraction of sp³-hybridized carbons (Fsp3) is 0.562. The standard InChI is InChI=1S/C16H24N2O2/c1-12-5-6-13(2)15(10-12)20-9-7-16(19)18-14-4-3-8-17-11-14/h5-6,10,14,17H,3-4,7-9,11H2,1-2H3,(H,18,19)/t14-/m0/s1. The van der Waals surface area contributed by atoms with Crippen LogP contribution in [0.15, 0.2) is 18.2 Å². The third-order valence-electron chi connectivity index (χ3n) is 3.59. The molecule has 0 bridgehead atoms. The number of hydrogen-bond donors (Lipinski definition) is 2.